The molecular formula is C20H30N4O. The Bertz CT molecular complexity index is 686. The van der Waals surface area contributed by atoms with E-state index in [4.69, 9.17) is 4.74 Å². The number of aryl methyl sites for hydroxylation is 2. The van der Waals surface area contributed by atoms with Gasteiger partial charge < -0.3 is 10.1 Å². The lowest BCUT2D eigenvalue weighted by Crippen LogP contribution is -2.34. The molecule has 1 N–H and O–H groups in total. The van der Waals surface area contributed by atoms with Gasteiger partial charge in [0.15, 0.2) is 0 Å². The van der Waals surface area contributed by atoms with Crippen LogP contribution in [0.25, 0.3) is 0 Å². The molecule has 2 heterocycles. The van der Waals surface area contributed by atoms with Gasteiger partial charge in [0, 0.05) is 37.4 Å². The first-order chi connectivity index (χ1) is 12.1. The minimum Gasteiger partial charge on any atom is -0.497 e. The van der Waals surface area contributed by atoms with E-state index >= 15 is 0 Å². The molecule has 0 spiro atoms. The van der Waals surface area contributed by atoms with Crippen LogP contribution in [-0.4, -0.2) is 41.4 Å². The predicted molar refractivity (Wildman–Crippen MR) is 101 cm³/mol. The molecule has 1 atom stereocenters. The summed E-state index contributed by atoms with van der Waals surface area (Å²) in [6, 6.07) is 8.93. The molecule has 0 aliphatic carbocycles. The Morgan fingerprint density at radius 2 is 1.84 bits per heavy atom. The zero-order valence-corrected chi connectivity index (χ0v) is 15.9. The molecule has 2 aromatic rings. The lowest BCUT2D eigenvalue weighted by molar-refractivity contribution is 0.238. The van der Waals surface area contributed by atoms with Gasteiger partial charge in [-0.1, -0.05) is 12.1 Å². The standard InChI is InChI=1S/C20H30N4O/c1-15-19(16(2)23(3)22-15)13-21-14-20(24-11-5-6-12-24)17-7-9-18(25-4)10-8-17/h7-10,20-21H,5-6,11-14H2,1-4H3. The maximum absolute atomic E-state index is 5.30. The van der Waals surface area contributed by atoms with Crippen molar-refractivity contribution >= 4 is 0 Å². The number of nitrogens with zero attached hydrogens (tertiary/aromatic N) is 3. The van der Waals surface area contributed by atoms with Crippen molar-refractivity contribution in [3.05, 3.63) is 46.8 Å². The highest BCUT2D eigenvalue weighted by atomic mass is 16.5. The van der Waals surface area contributed by atoms with Crippen LogP contribution in [0.2, 0.25) is 0 Å². The third kappa shape index (κ3) is 4.05. The van der Waals surface area contributed by atoms with Crippen molar-refractivity contribution in [2.24, 2.45) is 7.05 Å². The SMILES string of the molecule is COc1ccc(C(CNCc2c(C)nn(C)c2C)N2CCCC2)cc1. The number of likely N-dealkylation sites (tertiary alicyclic amines) is 1. The summed E-state index contributed by atoms with van der Waals surface area (Å²) < 4.78 is 7.27. The smallest absolute Gasteiger partial charge is 0.118 e. The molecule has 0 radical (unpaired) electrons. The highest BCUT2D eigenvalue weighted by Crippen LogP contribution is 2.26. The maximum Gasteiger partial charge on any atom is 0.118 e. The van der Waals surface area contributed by atoms with Crippen molar-refractivity contribution in [3.8, 4) is 5.75 Å². The van der Waals surface area contributed by atoms with E-state index in [0.717, 1.165) is 24.5 Å². The summed E-state index contributed by atoms with van der Waals surface area (Å²) in [4.78, 5) is 2.60. The third-order valence-electron chi connectivity index (χ3n) is 5.38. The van der Waals surface area contributed by atoms with Gasteiger partial charge in [-0.2, -0.15) is 5.10 Å². The van der Waals surface area contributed by atoms with Crippen molar-refractivity contribution in [1.29, 1.82) is 0 Å². The van der Waals surface area contributed by atoms with Crippen LogP contribution in [0.1, 0.15) is 41.4 Å². The normalized spacial score (nSPS) is 16.3. The predicted octanol–water partition coefficient (Wildman–Crippen LogP) is 2.97. The summed E-state index contributed by atoms with van der Waals surface area (Å²) in [7, 11) is 3.73. The Balaban J connectivity index is 1.69. The van der Waals surface area contributed by atoms with Crippen LogP contribution in [-0.2, 0) is 13.6 Å². The summed E-state index contributed by atoms with van der Waals surface area (Å²) in [5, 5.41) is 8.19. The lowest BCUT2D eigenvalue weighted by Gasteiger charge is -2.28. The van der Waals surface area contributed by atoms with E-state index in [1.54, 1.807) is 7.11 Å². The zero-order chi connectivity index (χ0) is 17.8. The number of rotatable bonds is 7. The van der Waals surface area contributed by atoms with Crippen LogP contribution in [0.15, 0.2) is 24.3 Å². The van der Waals surface area contributed by atoms with E-state index in [1.807, 2.05) is 11.7 Å². The van der Waals surface area contributed by atoms with Gasteiger partial charge in [0.1, 0.15) is 5.75 Å². The molecular weight excluding hydrogens is 312 g/mol. The highest BCUT2D eigenvalue weighted by molar-refractivity contribution is 5.30. The number of hydrogen-bond donors (Lipinski definition) is 1. The summed E-state index contributed by atoms with van der Waals surface area (Å²) in [5.41, 5.74) is 5.04. The van der Waals surface area contributed by atoms with E-state index in [-0.39, 0.29) is 0 Å². The third-order valence-corrected chi connectivity index (χ3v) is 5.38. The van der Waals surface area contributed by atoms with Gasteiger partial charge in [0.2, 0.25) is 0 Å². The highest BCUT2D eigenvalue weighted by Gasteiger charge is 2.23. The first-order valence-electron chi connectivity index (χ1n) is 9.18. The van der Waals surface area contributed by atoms with Gasteiger partial charge in [-0.05, 0) is 57.5 Å². The summed E-state index contributed by atoms with van der Waals surface area (Å²) in [6.45, 7) is 8.41. The molecule has 5 heteroatoms. The van der Waals surface area contributed by atoms with E-state index in [2.05, 4.69) is 53.4 Å². The van der Waals surface area contributed by atoms with Gasteiger partial charge in [0.25, 0.3) is 0 Å². The average molecular weight is 342 g/mol. The molecule has 1 aliphatic heterocycles. The van der Waals surface area contributed by atoms with Crippen LogP contribution in [0, 0.1) is 13.8 Å². The van der Waals surface area contributed by atoms with Crippen LogP contribution < -0.4 is 10.1 Å². The minimum atomic E-state index is 0.408. The average Bonchev–Trinajstić information content (AvgIpc) is 3.23. The molecule has 1 fully saturated rings. The molecule has 1 aromatic carbocycles. The Hall–Kier alpha value is -1.85. The summed E-state index contributed by atoms with van der Waals surface area (Å²) in [5.74, 6) is 0.915. The van der Waals surface area contributed by atoms with Crippen LogP contribution in [0.5, 0.6) is 5.75 Å². The van der Waals surface area contributed by atoms with Crippen molar-refractivity contribution in [2.75, 3.05) is 26.7 Å². The molecule has 3 rings (SSSR count). The van der Waals surface area contributed by atoms with Crippen molar-refractivity contribution in [3.63, 3.8) is 0 Å². The topological polar surface area (TPSA) is 42.3 Å². The fraction of sp³-hybridized carbons (Fsp3) is 0.550. The summed E-state index contributed by atoms with van der Waals surface area (Å²) >= 11 is 0. The van der Waals surface area contributed by atoms with Gasteiger partial charge >= 0.3 is 0 Å². The number of aromatic nitrogens is 2. The van der Waals surface area contributed by atoms with Crippen LogP contribution in [0.3, 0.4) is 0 Å². The molecule has 25 heavy (non-hydrogen) atoms. The molecule has 0 saturated carbocycles. The molecule has 1 saturated heterocycles. The Morgan fingerprint density at radius 1 is 1.16 bits per heavy atom. The Kier molecular flexibility index (Phi) is 5.76. The van der Waals surface area contributed by atoms with E-state index < -0.39 is 0 Å². The van der Waals surface area contributed by atoms with E-state index in [9.17, 15) is 0 Å². The van der Waals surface area contributed by atoms with Crippen molar-refractivity contribution in [1.82, 2.24) is 20.0 Å². The largest absolute Gasteiger partial charge is 0.497 e. The Morgan fingerprint density at radius 3 is 2.40 bits per heavy atom. The second-order valence-corrected chi connectivity index (χ2v) is 6.94. The zero-order valence-electron chi connectivity index (χ0n) is 15.9. The van der Waals surface area contributed by atoms with Gasteiger partial charge in [-0.15, -0.1) is 0 Å². The second kappa shape index (κ2) is 8.02. The number of nitrogens with one attached hydrogen (secondary N) is 1. The molecule has 0 amide bonds. The fourth-order valence-electron chi connectivity index (χ4n) is 3.74. The van der Waals surface area contributed by atoms with Crippen molar-refractivity contribution in [2.45, 2.75) is 39.3 Å². The number of benzene rings is 1. The van der Waals surface area contributed by atoms with Gasteiger partial charge in [-0.3, -0.25) is 9.58 Å². The molecule has 0 bridgehead atoms. The number of methoxy groups -OCH3 is 1. The van der Waals surface area contributed by atoms with Crippen LogP contribution >= 0.6 is 0 Å². The number of hydrogen-bond acceptors (Lipinski definition) is 4. The summed E-state index contributed by atoms with van der Waals surface area (Å²) in [6.07, 6.45) is 2.60. The van der Waals surface area contributed by atoms with Crippen LogP contribution in [0.4, 0.5) is 0 Å². The maximum atomic E-state index is 5.30. The lowest BCUT2D eigenvalue weighted by atomic mass is 10.0. The van der Waals surface area contributed by atoms with E-state index in [0.29, 0.717) is 6.04 Å². The molecule has 1 aromatic heterocycles. The van der Waals surface area contributed by atoms with Crippen molar-refractivity contribution < 1.29 is 4.74 Å². The monoisotopic (exact) mass is 342 g/mol. The second-order valence-electron chi connectivity index (χ2n) is 6.94. The Labute approximate surface area is 151 Å². The quantitative estimate of drug-likeness (QED) is 0.840. The fourth-order valence-corrected chi connectivity index (χ4v) is 3.74. The minimum absolute atomic E-state index is 0.408. The van der Waals surface area contributed by atoms with Gasteiger partial charge in [0.05, 0.1) is 12.8 Å². The molecule has 1 aliphatic rings. The molecule has 136 valence electrons. The van der Waals surface area contributed by atoms with E-state index in [1.165, 1.54) is 42.8 Å². The molecule has 1 unspecified atom stereocenters. The first kappa shape index (κ1) is 18.0. The van der Waals surface area contributed by atoms with Gasteiger partial charge in [-0.25, -0.2) is 0 Å². The molecule has 5 nitrogen and oxygen atoms in total. The number of ether oxygens (including phenoxy) is 1. The first-order valence-corrected chi connectivity index (χ1v) is 9.18.